The van der Waals surface area contributed by atoms with Crippen molar-refractivity contribution >= 4 is 5.97 Å². The van der Waals surface area contributed by atoms with Crippen molar-refractivity contribution in [3.05, 3.63) is 47.8 Å². The third-order valence-electron chi connectivity index (χ3n) is 5.65. The van der Waals surface area contributed by atoms with Crippen LogP contribution < -0.4 is 0 Å². The van der Waals surface area contributed by atoms with E-state index >= 15 is 0 Å². The molecule has 0 fully saturated rings. The first kappa shape index (κ1) is 25.0. The largest absolute Gasteiger partial charge is 0.463 e. The number of nitrogens with zero attached hydrogens (tertiary/aromatic N) is 2. The first-order valence-electron chi connectivity index (χ1n) is 12.2. The van der Waals surface area contributed by atoms with Gasteiger partial charge in [-0.2, -0.15) is 0 Å². The Hall–Kier alpha value is -2.23. The molecule has 1 heterocycles. The Bertz CT molecular complexity index is 741. The van der Waals surface area contributed by atoms with Crippen LogP contribution in [0.25, 0.3) is 11.4 Å². The van der Waals surface area contributed by atoms with Crippen LogP contribution in [0.3, 0.4) is 0 Å². The van der Waals surface area contributed by atoms with Gasteiger partial charge in [0.15, 0.2) is 5.82 Å². The van der Waals surface area contributed by atoms with E-state index in [1.807, 2.05) is 31.5 Å². The highest BCUT2D eigenvalue weighted by atomic mass is 16.5. The summed E-state index contributed by atoms with van der Waals surface area (Å²) >= 11 is 0. The number of esters is 1. The van der Waals surface area contributed by atoms with Crippen LogP contribution in [-0.4, -0.2) is 22.0 Å². The van der Waals surface area contributed by atoms with E-state index in [1.165, 1.54) is 50.5 Å². The highest BCUT2D eigenvalue weighted by molar-refractivity contribution is 5.70. The summed E-state index contributed by atoms with van der Waals surface area (Å²) in [6.45, 7) is 6.43. The molecule has 1 aromatic carbocycles. The van der Waals surface area contributed by atoms with E-state index in [-0.39, 0.29) is 12.1 Å². The van der Waals surface area contributed by atoms with E-state index < -0.39 is 0 Å². The van der Waals surface area contributed by atoms with Crippen molar-refractivity contribution in [2.75, 3.05) is 0 Å². The van der Waals surface area contributed by atoms with Crippen LogP contribution in [0.4, 0.5) is 0 Å². The van der Waals surface area contributed by atoms with Gasteiger partial charge in [0.05, 0.1) is 6.10 Å². The molecule has 1 aromatic heterocycles. The summed E-state index contributed by atoms with van der Waals surface area (Å²) in [4.78, 5) is 21.2. The Balaban J connectivity index is 1.74. The van der Waals surface area contributed by atoms with Crippen LogP contribution in [-0.2, 0) is 22.4 Å². The zero-order valence-corrected chi connectivity index (χ0v) is 19.7. The number of aryl methyl sites for hydroxylation is 2. The molecule has 0 unspecified atom stereocenters. The average Bonchev–Trinajstić information content (AvgIpc) is 2.79. The lowest BCUT2D eigenvalue weighted by Gasteiger charge is -2.13. The highest BCUT2D eigenvalue weighted by Gasteiger charge is 2.10. The molecule has 4 heteroatoms. The lowest BCUT2D eigenvalue weighted by molar-refractivity contribution is -0.148. The van der Waals surface area contributed by atoms with E-state index in [4.69, 9.17) is 4.74 Å². The van der Waals surface area contributed by atoms with Gasteiger partial charge in [0.2, 0.25) is 0 Å². The van der Waals surface area contributed by atoms with E-state index in [1.54, 1.807) is 0 Å². The molecule has 0 amide bonds. The third kappa shape index (κ3) is 10.1. The number of carbonyl (C=O) groups excluding carboxylic acids is 1. The molecule has 0 saturated carbocycles. The first-order chi connectivity index (χ1) is 15.1. The van der Waals surface area contributed by atoms with Crippen molar-refractivity contribution in [2.45, 2.75) is 104 Å². The fourth-order valence-electron chi connectivity index (χ4n) is 3.66. The Morgan fingerprint density at radius 1 is 0.839 bits per heavy atom. The number of rotatable bonds is 15. The lowest BCUT2D eigenvalue weighted by Crippen LogP contribution is -2.15. The number of carbonyl (C=O) groups is 1. The van der Waals surface area contributed by atoms with Gasteiger partial charge in [-0.25, -0.2) is 9.97 Å². The maximum atomic E-state index is 12.1. The number of ether oxygens (including phenoxy) is 1. The normalized spacial score (nSPS) is 12.0. The second-order valence-corrected chi connectivity index (χ2v) is 8.57. The molecule has 31 heavy (non-hydrogen) atoms. The van der Waals surface area contributed by atoms with E-state index in [0.717, 1.165) is 36.2 Å². The van der Waals surface area contributed by atoms with Gasteiger partial charge < -0.3 is 4.74 Å². The van der Waals surface area contributed by atoms with Crippen LogP contribution in [0.1, 0.15) is 96.1 Å². The van der Waals surface area contributed by atoms with Crippen LogP contribution >= 0.6 is 0 Å². The minimum Gasteiger partial charge on any atom is -0.463 e. The van der Waals surface area contributed by atoms with Crippen LogP contribution in [0.2, 0.25) is 0 Å². The molecule has 2 rings (SSSR count). The zero-order chi connectivity index (χ0) is 22.3. The van der Waals surface area contributed by atoms with Gasteiger partial charge in [0, 0.05) is 24.4 Å². The molecular weight excluding hydrogens is 384 g/mol. The minimum absolute atomic E-state index is 0.0125. The fourth-order valence-corrected chi connectivity index (χ4v) is 3.66. The van der Waals surface area contributed by atoms with Crippen LogP contribution in [0.5, 0.6) is 0 Å². The van der Waals surface area contributed by atoms with Gasteiger partial charge in [-0.1, -0.05) is 76.6 Å². The molecule has 0 N–H and O–H groups in total. The van der Waals surface area contributed by atoms with Crippen LogP contribution in [0, 0.1) is 0 Å². The Labute approximate surface area is 188 Å². The number of aromatic nitrogens is 2. The summed E-state index contributed by atoms with van der Waals surface area (Å²) in [5, 5.41) is 0. The zero-order valence-electron chi connectivity index (χ0n) is 19.7. The van der Waals surface area contributed by atoms with E-state index in [9.17, 15) is 4.79 Å². The minimum atomic E-state index is -0.107. The number of benzene rings is 1. The molecule has 0 aliphatic carbocycles. The molecule has 0 aliphatic rings. The lowest BCUT2D eigenvalue weighted by atomic mass is 10.1. The molecule has 1 atom stereocenters. The molecule has 0 bridgehead atoms. The quantitative estimate of drug-likeness (QED) is 0.226. The topological polar surface area (TPSA) is 52.1 Å². The number of unbranched alkanes of at least 4 members (excludes halogenated alkanes) is 6. The summed E-state index contributed by atoms with van der Waals surface area (Å²) in [6.07, 6.45) is 16.9. The summed E-state index contributed by atoms with van der Waals surface area (Å²) in [5.74, 6) is 0.644. The molecule has 170 valence electrons. The Kier molecular flexibility index (Phi) is 11.9. The van der Waals surface area contributed by atoms with Crippen molar-refractivity contribution in [3.63, 3.8) is 0 Å². The highest BCUT2D eigenvalue weighted by Crippen LogP contribution is 2.17. The molecule has 0 aliphatic heterocycles. The molecule has 0 spiro atoms. The Morgan fingerprint density at radius 3 is 2.13 bits per heavy atom. The van der Waals surface area contributed by atoms with E-state index in [0.29, 0.717) is 12.8 Å². The SMILES string of the molecule is CCCCCCc1cnc(-c2ccc(CCC(=O)O[C@H](C)CCCCCC)cc2)nc1. The van der Waals surface area contributed by atoms with Crippen molar-refractivity contribution in [3.8, 4) is 11.4 Å². The van der Waals surface area contributed by atoms with Crippen molar-refractivity contribution in [1.29, 1.82) is 0 Å². The van der Waals surface area contributed by atoms with Crippen LogP contribution in [0.15, 0.2) is 36.7 Å². The maximum absolute atomic E-state index is 12.1. The standard InChI is InChI=1S/C27H40N2O2/c1-4-6-8-10-12-22(3)31-26(30)19-16-23-14-17-25(18-15-23)27-28-20-24(21-29-27)13-11-9-7-5-2/h14-15,17-18,20-22H,4-13,16,19H2,1-3H3/t22-/m1/s1. The Morgan fingerprint density at radius 2 is 1.48 bits per heavy atom. The number of hydrogen-bond acceptors (Lipinski definition) is 4. The summed E-state index contributed by atoms with van der Waals surface area (Å²) in [6, 6.07) is 8.18. The van der Waals surface area contributed by atoms with Crippen molar-refractivity contribution in [1.82, 2.24) is 9.97 Å². The van der Waals surface area contributed by atoms with Gasteiger partial charge >= 0.3 is 5.97 Å². The predicted molar refractivity (Wildman–Crippen MR) is 128 cm³/mol. The van der Waals surface area contributed by atoms with Gasteiger partial charge in [-0.05, 0) is 50.2 Å². The molecular formula is C27H40N2O2. The monoisotopic (exact) mass is 424 g/mol. The number of hydrogen-bond donors (Lipinski definition) is 0. The van der Waals surface area contributed by atoms with E-state index in [2.05, 4.69) is 35.9 Å². The second-order valence-electron chi connectivity index (χ2n) is 8.57. The molecule has 0 saturated heterocycles. The maximum Gasteiger partial charge on any atom is 0.306 e. The third-order valence-corrected chi connectivity index (χ3v) is 5.65. The molecule has 2 aromatic rings. The first-order valence-corrected chi connectivity index (χ1v) is 12.2. The predicted octanol–water partition coefficient (Wildman–Crippen LogP) is 7.10. The summed E-state index contributed by atoms with van der Waals surface area (Å²) in [7, 11) is 0. The summed E-state index contributed by atoms with van der Waals surface area (Å²) < 4.78 is 5.54. The van der Waals surface area contributed by atoms with Gasteiger partial charge in [0.25, 0.3) is 0 Å². The fraction of sp³-hybridized carbons (Fsp3) is 0.593. The summed E-state index contributed by atoms with van der Waals surface area (Å²) in [5.41, 5.74) is 3.34. The van der Waals surface area contributed by atoms with Gasteiger partial charge in [-0.15, -0.1) is 0 Å². The molecule has 0 radical (unpaired) electrons. The van der Waals surface area contributed by atoms with Gasteiger partial charge in [-0.3, -0.25) is 4.79 Å². The van der Waals surface area contributed by atoms with Crippen molar-refractivity contribution in [2.24, 2.45) is 0 Å². The van der Waals surface area contributed by atoms with Crippen molar-refractivity contribution < 1.29 is 9.53 Å². The van der Waals surface area contributed by atoms with Gasteiger partial charge in [0.1, 0.15) is 0 Å². The second kappa shape index (κ2) is 14.7. The average molecular weight is 425 g/mol. The smallest absolute Gasteiger partial charge is 0.306 e. The molecule has 4 nitrogen and oxygen atoms in total.